The Morgan fingerprint density at radius 3 is 2.45 bits per heavy atom. The lowest BCUT2D eigenvalue weighted by Crippen LogP contribution is -2.30. The van der Waals surface area contributed by atoms with Crippen molar-refractivity contribution in [2.75, 3.05) is 20.2 Å². The Bertz CT molecular complexity index is 1270. The zero-order valence-corrected chi connectivity index (χ0v) is 19.4. The summed E-state index contributed by atoms with van der Waals surface area (Å²) in [7, 11) is -1.98. The van der Waals surface area contributed by atoms with Gasteiger partial charge in [0.1, 0.15) is 11.3 Å². The minimum Gasteiger partial charge on any atom is -0.495 e. The summed E-state index contributed by atoms with van der Waals surface area (Å²) in [4.78, 5) is 17.8. The third-order valence-corrected chi connectivity index (χ3v) is 7.94. The van der Waals surface area contributed by atoms with Crippen molar-refractivity contribution in [1.82, 2.24) is 8.87 Å². The van der Waals surface area contributed by atoms with Crippen molar-refractivity contribution < 1.29 is 17.9 Å². The lowest BCUT2D eigenvalue weighted by Gasteiger charge is -2.18. The molecule has 3 rings (SSSR count). The number of methoxy groups -OCH3 is 1. The number of sulfonamides is 1. The smallest absolute Gasteiger partial charge is 0.279 e. The van der Waals surface area contributed by atoms with Crippen molar-refractivity contribution in [2.45, 2.75) is 25.3 Å². The largest absolute Gasteiger partial charge is 0.495 e. The van der Waals surface area contributed by atoms with Crippen molar-refractivity contribution in [2.24, 2.45) is 4.99 Å². The predicted octanol–water partition coefficient (Wildman–Crippen LogP) is 3.67. The van der Waals surface area contributed by atoms with Gasteiger partial charge in [0.05, 0.1) is 16.7 Å². The number of benzene rings is 2. The zero-order valence-electron chi connectivity index (χ0n) is 17.7. The van der Waals surface area contributed by atoms with Crippen molar-refractivity contribution in [3.05, 3.63) is 65.5 Å². The molecule has 0 radical (unpaired) electrons. The van der Waals surface area contributed by atoms with Crippen LogP contribution in [-0.2, 0) is 16.6 Å². The molecule has 9 heteroatoms. The maximum Gasteiger partial charge on any atom is 0.279 e. The fraction of sp³-hybridized carbons (Fsp3) is 0.273. The summed E-state index contributed by atoms with van der Waals surface area (Å²) >= 11 is 1.38. The van der Waals surface area contributed by atoms with Crippen molar-refractivity contribution in [3.63, 3.8) is 0 Å². The fourth-order valence-electron chi connectivity index (χ4n) is 3.28. The lowest BCUT2D eigenvalue weighted by molar-refractivity contribution is 0.0997. The molecule has 0 unspecified atom stereocenters. The minimum atomic E-state index is -3.58. The van der Waals surface area contributed by atoms with E-state index in [0.717, 1.165) is 10.2 Å². The second kappa shape index (κ2) is 9.59. The number of para-hydroxylation sites is 1. The maximum atomic E-state index is 12.8. The average molecular weight is 460 g/mol. The Kier molecular flexibility index (Phi) is 7.09. The number of rotatable bonds is 8. The summed E-state index contributed by atoms with van der Waals surface area (Å²) < 4.78 is 34.9. The molecular weight excluding hydrogens is 434 g/mol. The van der Waals surface area contributed by atoms with Gasteiger partial charge in [-0.25, -0.2) is 8.42 Å². The summed E-state index contributed by atoms with van der Waals surface area (Å²) in [5, 5.41) is 0. The Labute approximate surface area is 186 Å². The van der Waals surface area contributed by atoms with E-state index < -0.39 is 15.9 Å². The van der Waals surface area contributed by atoms with Crippen molar-refractivity contribution >= 4 is 37.5 Å². The zero-order chi connectivity index (χ0) is 22.6. The number of carbonyl (C=O) groups is 1. The first-order valence-electron chi connectivity index (χ1n) is 9.83. The highest BCUT2D eigenvalue weighted by molar-refractivity contribution is 7.89. The summed E-state index contributed by atoms with van der Waals surface area (Å²) in [6.45, 7) is 8.60. The van der Waals surface area contributed by atoms with Crippen LogP contribution in [0.3, 0.4) is 0 Å². The van der Waals surface area contributed by atoms with Gasteiger partial charge in [-0.05, 0) is 36.4 Å². The van der Waals surface area contributed by atoms with Crippen LogP contribution in [0.4, 0.5) is 0 Å². The Morgan fingerprint density at radius 1 is 1.19 bits per heavy atom. The van der Waals surface area contributed by atoms with Gasteiger partial charge >= 0.3 is 0 Å². The van der Waals surface area contributed by atoms with E-state index in [0.29, 0.717) is 35.7 Å². The number of allylic oxidation sites excluding steroid dienone is 1. The van der Waals surface area contributed by atoms with Crippen LogP contribution in [0.25, 0.3) is 10.2 Å². The highest BCUT2D eigenvalue weighted by atomic mass is 32.2. The molecule has 0 N–H and O–H groups in total. The predicted molar refractivity (Wildman–Crippen MR) is 123 cm³/mol. The molecule has 0 saturated heterocycles. The normalized spacial score (nSPS) is 12.5. The Balaban J connectivity index is 2.02. The summed E-state index contributed by atoms with van der Waals surface area (Å²) in [5.74, 6) is 0.241. The van der Waals surface area contributed by atoms with Gasteiger partial charge in [-0.3, -0.25) is 4.79 Å². The number of hydrogen-bond acceptors (Lipinski definition) is 5. The molecule has 0 fully saturated rings. The van der Waals surface area contributed by atoms with Gasteiger partial charge in [0, 0.05) is 25.2 Å². The van der Waals surface area contributed by atoms with E-state index in [1.807, 2.05) is 22.8 Å². The van der Waals surface area contributed by atoms with Crippen LogP contribution < -0.4 is 9.54 Å². The molecule has 1 aromatic heterocycles. The number of ether oxygens (including phenoxy) is 1. The number of fused-ring (bicyclic) bond motifs is 1. The standard InChI is InChI=1S/C22H25N3O4S2/c1-5-15-25-20-18(29-4)9-8-10-19(20)30-22(25)23-21(26)16-11-13-17(14-12-16)31(27,28)24(6-2)7-3/h5,8-14H,1,6-7,15H2,2-4H3. The van der Waals surface area contributed by atoms with Gasteiger partial charge < -0.3 is 9.30 Å². The van der Waals surface area contributed by atoms with Gasteiger partial charge in [-0.15, -0.1) is 6.58 Å². The molecule has 0 atom stereocenters. The lowest BCUT2D eigenvalue weighted by atomic mass is 10.2. The van der Waals surface area contributed by atoms with Crippen LogP contribution in [0.1, 0.15) is 24.2 Å². The van der Waals surface area contributed by atoms with Crippen LogP contribution in [-0.4, -0.2) is 43.4 Å². The van der Waals surface area contributed by atoms with Crippen LogP contribution in [0, 0.1) is 0 Å². The molecule has 0 bridgehead atoms. The first-order valence-corrected chi connectivity index (χ1v) is 12.1. The molecule has 1 amide bonds. The number of amides is 1. The van der Waals surface area contributed by atoms with E-state index in [1.54, 1.807) is 27.0 Å². The fourth-order valence-corrected chi connectivity index (χ4v) is 5.79. The van der Waals surface area contributed by atoms with Crippen LogP contribution in [0.15, 0.2) is 65.0 Å². The molecule has 0 aliphatic carbocycles. The highest BCUT2D eigenvalue weighted by Gasteiger charge is 2.21. The third-order valence-electron chi connectivity index (χ3n) is 4.84. The molecule has 164 valence electrons. The highest BCUT2D eigenvalue weighted by Crippen LogP contribution is 2.27. The van der Waals surface area contributed by atoms with Crippen LogP contribution >= 0.6 is 11.3 Å². The first-order chi connectivity index (χ1) is 14.9. The van der Waals surface area contributed by atoms with E-state index in [9.17, 15) is 13.2 Å². The van der Waals surface area contributed by atoms with E-state index in [1.165, 1.54) is 39.9 Å². The SMILES string of the molecule is C=CCn1c(=NC(=O)c2ccc(S(=O)(=O)N(CC)CC)cc2)sc2cccc(OC)c21. The summed E-state index contributed by atoms with van der Waals surface area (Å²) in [6, 6.07) is 11.6. The Hall–Kier alpha value is -2.75. The molecule has 0 saturated carbocycles. The summed E-state index contributed by atoms with van der Waals surface area (Å²) in [5.41, 5.74) is 1.16. The molecule has 0 aliphatic heterocycles. The van der Waals surface area contributed by atoms with Crippen molar-refractivity contribution in [1.29, 1.82) is 0 Å². The molecule has 3 aromatic rings. The number of hydrogen-bond donors (Lipinski definition) is 0. The maximum absolute atomic E-state index is 12.8. The monoisotopic (exact) mass is 459 g/mol. The van der Waals surface area contributed by atoms with Crippen molar-refractivity contribution in [3.8, 4) is 5.75 Å². The van der Waals surface area contributed by atoms with E-state index in [-0.39, 0.29) is 4.90 Å². The molecule has 7 nitrogen and oxygen atoms in total. The second-order valence-corrected chi connectivity index (χ2v) is 9.57. The summed E-state index contributed by atoms with van der Waals surface area (Å²) in [6.07, 6.45) is 1.73. The van der Waals surface area contributed by atoms with E-state index in [2.05, 4.69) is 11.6 Å². The number of aromatic nitrogens is 1. The second-order valence-electron chi connectivity index (χ2n) is 6.62. The average Bonchev–Trinajstić information content (AvgIpc) is 3.12. The molecule has 2 aromatic carbocycles. The topological polar surface area (TPSA) is 81.0 Å². The first kappa shape index (κ1) is 22.9. The minimum absolute atomic E-state index is 0.154. The molecular formula is C22H25N3O4S2. The van der Waals surface area contributed by atoms with E-state index >= 15 is 0 Å². The molecule has 31 heavy (non-hydrogen) atoms. The number of thiazole rings is 1. The van der Waals surface area contributed by atoms with Gasteiger partial charge in [0.2, 0.25) is 10.0 Å². The van der Waals surface area contributed by atoms with Gasteiger partial charge in [-0.1, -0.05) is 37.3 Å². The molecule has 0 spiro atoms. The van der Waals surface area contributed by atoms with E-state index in [4.69, 9.17) is 4.74 Å². The van der Waals surface area contributed by atoms with Crippen LogP contribution in [0.5, 0.6) is 5.75 Å². The Morgan fingerprint density at radius 2 is 1.87 bits per heavy atom. The third kappa shape index (κ3) is 4.48. The van der Waals surface area contributed by atoms with Crippen LogP contribution in [0.2, 0.25) is 0 Å². The quantitative estimate of drug-likeness (QED) is 0.482. The van der Waals surface area contributed by atoms with Gasteiger partial charge in [0.25, 0.3) is 5.91 Å². The molecule has 0 aliphatic rings. The number of carbonyl (C=O) groups excluding carboxylic acids is 1. The van der Waals surface area contributed by atoms with Gasteiger partial charge in [0.15, 0.2) is 4.80 Å². The van der Waals surface area contributed by atoms with Gasteiger partial charge in [-0.2, -0.15) is 9.30 Å². The number of nitrogens with zero attached hydrogens (tertiary/aromatic N) is 3. The molecule has 1 heterocycles.